The molecule has 0 saturated heterocycles. The van der Waals surface area contributed by atoms with Gasteiger partial charge in [-0.1, -0.05) is 37.3 Å². The number of aryl methyl sites for hydroxylation is 5. The summed E-state index contributed by atoms with van der Waals surface area (Å²) in [7, 11) is 0. The maximum absolute atomic E-state index is 11.5. The van der Waals surface area contributed by atoms with E-state index in [4.69, 9.17) is 0 Å². The molecule has 3 aliphatic carbocycles. The molecule has 0 aromatic heterocycles. The van der Waals surface area contributed by atoms with Gasteiger partial charge in [-0.05, 0) is 92.2 Å². The molecular weight excluding hydrogens is 344 g/mol. The molecule has 0 aliphatic heterocycles. The highest BCUT2D eigenvalue weighted by Crippen LogP contribution is 2.30. The molecule has 2 heteroatoms. The predicted molar refractivity (Wildman–Crippen MR) is 115 cm³/mol. The van der Waals surface area contributed by atoms with E-state index in [-0.39, 0.29) is 5.78 Å². The van der Waals surface area contributed by atoms with Crippen molar-refractivity contribution in [2.75, 3.05) is 0 Å². The second kappa shape index (κ2) is 9.82. The van der Waals surface area contributed by atoms with Crippen LogP contribution in [-0.2, 0) is 36.9 Å². The first-order valence-corrected chi connectivity index (χ1v) is 10.8. The molecule has 2 nitrogen and oxygen atoms in total. The average molecular weight is 377 g/mol. The van der Waals surface area contributed by atoms with Crippen molar-refractivity contribution in [3.63, 3.8) is 0 Å². The van der Waals surface area contributed by atoms with Gasteiger partial charge in [0.05, 0.1) is 0 Å². The Hall–Kier alpha value is -2.22. The summed E-state index contributed by atoms with van der Waals surface area (Å²) in [6.45, 7) is 3.62. The van der Waals surface area contributed by atoms with Crippen LogP contribution in [0.15, 0.2) is 36.4 Å². The summed E-state index contributed by atoms with van der Waals surface area (Å²) in [6, 6.07) is 13.1. The molecule has 2 aromatic carbocycles. The molecule has 0 atom stereocenters. The van der Waals surface area contributed by atoms with Gasteiger partial charge in [0.25, 0.3) is 0 Å². The Morgan fingerprint density at radius 2 is 1.36 bits per heavy atom. The molecular formula is C26H32O2. The number of fused-ring (bicyclic) bond motifs is 3. The number of hydrogen-bond acceptors (Lipinski definition) is 2. The molecule has 5 rings (SSSR count). The number of ketones is 2. The molecule has 148 valence electrons. The second-order valence-corrected chi connectivity index (χ2v) is 8.13. The van der Waals surface area contributed by atoms with Crippen molar-refractivity contribution in [2.24, 2.45) is 0 Å². The van der Waals surface area contributed by atoms with Crippen molar-refractivity contribution >= 4 is 11.6 Å². The van der Waals surface area contributed by atoms with E-state index in [0.29, 0.717) is 5.78 Å². The molecule has 0 fully saturated rings. The predicted octanol–water partition coefficient (Wildman–Crippen LogP) is 5.86. The fourth-order valence-electron chi connectivity index (χ4n) is 4.39. The van der Waals surface area contributed by atoms with Crippen LogP contribution in [0.4, 0.5) is 0 Å². The molecule has 0 unspecified atom stereocenters. The first-order chi connectivity index (χ1) is 13.6. The van der Waals surface area contributed by atoms with Crippen molar-refractivity contribution in [2.45, 2.75) is 78.1 Å². The van der Waals surface area contributed by atoms with Crippen LogP contribution >= 0.6 is 0 Å². The van der Waals surface area contributed by atoms with Crippen LogP contribution in [-0.4, -0.2) is 11.6 Å². The quantitative estimate of drug-likeness (QED) is 0.658. The Balaban J connectivity index is 0.000000132. The second-order valence-electron chi connectivity index (χ2n) is 8.13. The van der Waals surface area contributed by atoms with Gasteiger partial charge >= 0.3 is 0 Å². The van der Waals surface area contributed by atoms with Gasteiger partial charge < -0.3 is 4.79 Å². The highest BCUT2D eigenvalue weighted by molar-refractivity contribution is 6.00. The van der Waals surface area contributed by atoms with E-state index in [1.807, 2.05) is 6.92 Å². The third kappa shape index (κ3) is 5.19. The van der Waals surface area contributed by atoms with Gasteiger partial charge in [-0.25, -0.2) is 0 Å². The van der Waals surface area contributed by atoms with Crippen molar-refractivity contribution in [3.05, 3.63) is 69.8 Å². The minimum atomic E-state index is 0.289. The Labute approximate surface area is 169 Å². The fourth-order valence-corrected chi connectivity index (χ4v) is 4.39. The minimum absolute atomic E-state index is 0.289. The fraction of sp³-hybridized carbons (Fsp3) is 0.462. The third-order valence-corrected chi connectivity index (χ3v) is 5.85. The lowest BCUT2D eigenvalue weighted by atomic mass is 10.0. The van der Waals surface area contributed by atoms with Gasteiger partial charge in [-0.15, -0.1) is 0 Å². The maximum Gasteiger partial charge on any atom is 0.163 e. The highest BCUT2D eigenvalue weighted by atomic mass is 16.1. The van der Waals surface area contributed by atoms with Gasteiger partial charge in [0, 0.05) is 18.4 Å². The van der Waals surface area contributed by atoms with E-state index < -0.39 is 0 Å². The molecule has 0 bridgehead atoms. The molecule has 0 spiro atoms. The van der Waals surface area contributed by atoms with Crippen LogP contribution in [0, 0.1) is 0 Å². The summed E-state index contributed by atoms with van der Waals surface area (Å²) in [5.41, 5.74) is 8.36. The number of Topliss-reactive ketones (excluding diaryl/α,β-unsaturated/α-hetero) is 2. The number of rotatable bonds is 2. The van der Waals surface area contributed by atoms with Crippen LogP contribution in [0.5, 0.6) is 0 Å². The topological polar surface area (TPSA) is 34.1 Å². The first-order valence-electron chi connectivity index (χ1n) is 10.8. The van der Waals surface area contributed by atoms with E-state index in [1.54, 1.807) is 18.1 Å². The Morgan fingerprint density at radius 1 is 0.786 bits per heavy atom. The zero-order valence-corrected chi connectivity index (χ0v) is 17.4. The molecule has 3 aliphatic rings. The Morgan fingerprint density at radius 3 is 1.89 bits per heavy atom. The summed E-state index contributed by atoms with van der Waals surface area (Å²) >= 11 is 0. The summed E-state index contributed by atoms with van der Waals surface area (Å²) in [4.78, 5) is 21.5. The molecule has 0 heterocycles. The van der Waals surface area contributed by atoms with E-state index in [1.165, 1.54) is 55.2 Å². The normalized spacial score (nSPS) is 15.6. The highest BCUT2D eigenvalue weighted by Gasteiger charge is 2.22. The Kier molecular flexibility index (Phi) is 7.19. The molecule has 0 radical (unpaired) electrons. The lowest BCUT2D eigenvalue weighted by Crippen LogP contribution is -1.93. The van der Waals surface area contributed by atoms with Crippen molar-refractivity contribution < 1.29 is 9.59 Å². The standard InChI is InChI=1S/C12H12O.C9H10.C5H10O/c13-12-5-4-10-6-8-2-1-3-9(8)7-11(10)12;1-2-5-9-7-3-6-8(9)4-1;1-3-4-5(2)6/h6-7H,1-5H2;1-2,4-5H,3,6-7H2;3-4H2,1-2H3. The van der Waals surface area contributed by atoms with Crippen molar-refractivity contribution in [1.82, 2.24) is 0 Å². The molecule has 0 N–H and O–H groups in total. The number of carbonyl (C=O) groups excluding carboxylic acids is 2. The monoisotopic (exact) mass is 376 g/mol. The maximum atomic E-state index is 11.5. The number of carbonyl (C=O) groups is 2. The molecule has 2 aromatic rings. The summed E-state index contributed by atoms with van der Waals surface area (Å²) in [5, 5.41) is 0. The Bertz CT molecular complexity index is 825. The first kappa shape index (κ1) is 20.5. The van der Waals surface area contributed by atoms with Gasteiger partial charge in [-0.3, -0.25) is 4.79 Å². The average Bonchev–Trinajstić information content (AvgIpc) is 3.41. The number of hydrogen-bond donors (Lipinski definition) is 0. The van der Waals surface area contributed by atoms with Gasteiger partial charge in [0.15, 0.2) is 5.78 Å². The minimum Gasteiger partial charge on any atom is -0.300 e. The van der Waals surface area contributed by atoms with Crippen molar-refractivity contribution in [3.8, 4) is 0 Å². The third-order valence-electron chi connectivity index (χ3n) is 5.85. The zero-order chi connectivity index (χ0) is 19.9. The largest absolute Gasteiger partial charge is 0.300 e. The molecule has 0 saturated carbocycles. The van der Waals surface area contributed by atoms with Crippen LogP contribution in [0.3, 0.4) is 0 Å². The van der Waals surface area contributed by atoms with Gasteiger partial charge in [0.2, 0.25) is 0 Å². The van der Waals surface area contributed by atoms with Crippen LogP contribution < -0.4 is 0 Å². The molecule has 28 heavy (non-hydrogen) atoms. The lowest BCUT2D eigenvalue weighted by Gasteiger charge is -2.02. The van der Waals surface area contributed by atoms with Gasteiger partial charge in [0.1, 0.15) is 5.78 Å². The van der Waals surface area contributed by atoms with Crippen LogP contribution in [0.2, 0.25) is 0 Å². The van der Waals surface area contributed by atoms with E-state index in [0.717, 1.165) is 31.2 Å². The van der Waals surface area contributed by atoms with Crippen LogP contribution in [0.25, 0.3) is 0 Å². The summed E-state index contributed by atoms with van der Waals surface area (Å²) in [5.74, 6) is 0.641. The SMILES string of the molecule is CCCC(C)=O.O=C1CCc2cc3c(cc21)CCC3.c1ccc2c(c1)CCC2. The summed E-state index contributed by atoms with van der Waals surface area (Å²) in [6.07, 6.45) is 11.1. The summed E-state index contributed by atoms with van der Waals surface area (Å²) < 4.78 is 0. The van der Waals surface area contributed by atoms with Crippen molar-refractivity contribution in [1.29, 1.82) is 0 Å². The van der Waals surface area contributed by atoms with E-state index in [9.17, 15) is 9.59 Å². The molecule has 0 amide bonds. The van der Waals surface area contributed by atoms with Gasteiger partial charge in [-0.2, -0.15) is 0 Å². The smallest absolute Gasteiger partial charge is 0.163 e. The van der Waals surface area contributed by atoms with E-state index >= 15 is 0 Å². The van der Waals surface area contributed by atoms with E-state index in [2.05, 4.69) is 36.4 Å². The van der Waals surface area contributed by atoms with Crippen LogP contribution in [0.1, 0.15) is 84.1 Å². The lowest BCUT2D eigenvalue weighted by molar-refractivity contribution is -0.117. The number of benzene rings is 2. The zero-order valence-electron chi connectivity index (χ0n) is 17.4.